The molecule has 3 aromatic heterocycles. The quantitative estimate of drug-likeness (QED) is 0.686. The molecule has 0 saturated carbocycles. The van der Waals surface area contributed by atoms with Crippen molar-refractivity contribution < 1.29 is 4.79 Å². The van der Waals surface area contributed by atoms with E-state index in [0.717, 1.165) is 30.8 Å². The van der Waals surface area contributed by atoms with Gasteiger partial charge in [0.2, 0.25) is 0 Å². The fourth-order valence-corrected chi connectivity index (χ4v) is 3.65. The van der Waals surface area contributed by atoms with Crippen LogP contribution in [0.2, 0.25) is 0 Å². The van der Waals surface area contributed by atoms with E-state index in [4.69, 9.17) is 0 Å². The second-order valence-electron chi connectivity index (χ2n) is 7.04. The summed E-state index contributed by atoms with van der Waals surface area (Å²) in [5.41, 5.74) is 1.22. The maximum Gasteiger partial charge on any atom is 0.274 e. The van der Waals surface area contributed by atoms with Gasteiger partial charge in [-0.25, -0.2) is 9.67 Å². The van der Waals surface area contributed by atoms with E-state index in [9.17, 15) is 9.59 Å². The van der Waals surface area contributed by atoms with E-state index in [1.165, 1.54) is 16.8 Å². The lowest BCUT2D eigenvalue weighted by atomic mass is 9.96. The van der Waals surface area contributed by atoms with Crippen LogP contribution in [0.5, 0.6) is 0 Å². The maximum atomic E-state index is 12.9. The first kappa shape index (κ1) is 18.1. The zero-order valence-electron chi connectivity index (χ0n) is 15.7. The van der Waals surface area contributed by atoms with Crippen molar-refractivity contribution in [2.75, 3.05) is 13.1 Å². The Kier molecular flexibility index (Phi) is 5.01. The largest absolute Gasteiger partial charge is 0.337 e. The summed E-state index contributed by atoms with van der Waals surface area (Å²) in [6.07, 6.45) is 9.25. The Morgan fingerprint density at radius 3 is 2.79 bits per heavy atom. The minimum Gasteiger partial charge on any atom is -0.337 e. The van der Waals surface area contributed by atoms with Gasteiger partial charge >= 0.3 is 0 Å². The number of aryl methyl sites for hydroxylation is 1. The Hall–Kier alpha value is -3.29. The lowest BCUT2D eigenvalue weighted by Gasteiger charge is -2.32. The molecule has 3 aromatic rings. The summed E-state index contributed by atoms with van der Waals surface area (Å²) in [6, 6.07) is 6.86. The molecule has 0 radical (unpaired) electrons. The van der Waals surface area contributed by atoms with Crippen LogP contribution in [0.25, 0.3) is 0 Å². The van der Waals surface area contributed by atoms with Crippen LogP contribution in [-0.2, 0) is 13.6 Å². The predicted molar refractivity (Wildman–Crippen MR) is 103 cm³/mol. The molecule has 0 aromatic carbocycles. The van der Waals surface area contributed by atoms with E-state index in [0.29, 0.717) is 18.8 Å². The highest BCUT2D eigenvalue weighted by Crippen LogP contribution is 2.27. The number of pyridine rings is 1. The smallest absolute Gasteiger partial charge is 0.274 e. The van der Waals surface area contributed by atoms with Gasteiger partial charge in [-0.1, -0.05) is 0 Å². The molecule has 1 amide bonds. The number of amides is 1. The number of hydrogen-bond donors (Lipinski definition) is 0. The van der Waals surface area contributed by atoms with E-state index in [2.05, 4.69) is 19.6 Å². The molecule has 8 heteroatoms. The number of piperidine rings is 1. The van der Waals surface area contributed by atoms with Crippen molar-refractivity contribution >= 4 is 5.91 Å². The topological polar surface area (TPSA) is 85.9 Å². The molecule has 0 aliphatic carbocycles. The summed E-state index contributed by atoms with van der Waals surface area (Å²) in [6.45, 7) is 2.01. The summed E-state index contributed by atoms with van der Waals surface area (Å²) in [7, 11) is 1.55. The van der Waals surface area contributed by atoms with Crippen LogP contribution < -0.4 is 5.56 Å². The van der Waals surface area contributed by atoms with Crippen molar-refractivity contribution in [1.29, 1.82) is 0 Å². The number of imidazole rings is 1. The first-order valence-corrected chi connectivity index (χ1v) is 9.35. The predicted octanol–water partition coefficient (Wildman–Crippen LogP) is 1.44. The maximum absolute atomic E-state index is 12.9. The molecule has 1 unspecified atom stereocenters. The number of carbonyl (C=O) groups excluding carboxylic acids is 1. The summed E-state index contributed by atoms with van der Waals surface area (Å²) >= 11 is 0. The van der Waals surface area contributed by atoms with Gasteiger partial charge in [-0.3, -0.25) is 14.6 Å². The van der Waals surface area contributed by atoms with Gasteiger partial charge in [0, 0.05) is 63.5 Å². The summed E-state index contributed by atoms with van der Waals surface area (Å²) in [4.78, 5) is 34.8. The highest BCUT2D eigenvalue weighted by molar-refractivity contribution is 5.92. The zero-order valence-corrected chi connectivity index (χ0v) is 15.7. The van der Waals surface area contributed by atoms with Crippen molar-refractivity contribution in [1.82, 2.24) is 29.2 Å². The third-order valence-corrected chi connectivity index (χ3v) is 5.10. The van der Waals surface area contributed by atoms with Crippen LogP contribution in [-0.4, -0.2) is 48.2 Å². The molecule has 1 fully saturated rings. The lowest BCUT2D eigenvalue weighted by Crippen LogP contribution is -2.40. The Balaban J connectivity index is 1.51. The molecular formula is C20H22N6O2. The second-order valence-corrected chi connectivity index (χ2v) is 7.04. The van der Waals surface area contributed by atoms with Crippen molar-refractivity contribution in [2.45, 2.75) is 25.3 Å². The van der Waals surface area contributed by atoms with Gasteiger partial charge in [-0.2, -0.15) is 5.10 Å². The highest BCUT2D eigenvalue weighted by atomic mass is 16.2. The van der Waals surface area contributed by atoms with Crippen LogP contribution >= 0.6 is 0 Å². The van der Waals surface area contributed by atoms with Crippen LogP contribution in [0, 0.1) is 0 Å². The number of nitrogens with zero attached hydrogens (tertiary/aromatic N) is 6. The van der Waals surface area contributed by atoms with E-state index in [-0.39, 0.29) is 17.4 Å². The average Bonchev–Trinajstić information content (AvgIpc) is 3.18. The van der Waals surface area contributed by atoms with E-state index >= 15 is 0 Å². The third kappa shape index (κ3) is 3.71. The van der Waals surface area contributed by atoms with Gasteiger partial charge in [-0.05, 0) is 36.6 Å². The number of hydrogen-bond acceptors (Lipinski definition) is 5. The first-order valence-electron chi connectivity index (χ1n) is 9.35. The minimum absolute atomic E-state index is 0.146. The number of likely N-dealkylation sites (tertiary alicyclic amines) is 1. The molecule has 8 nitrogen and oxygen atoms in total. The molecule has 1 atom stereocenters. The molecule has 0 N–H and O–H groups in total. The van der Waals surface area contributed by atoms with Gasteiger partial charge in [0.15, 0.2) is 0 Å². The molecule has 0 bridgehead atoms. The molecule has 4 rings (SSSR count). The normalized spacial score (nSPS) is 16.9. The molecule has 4 heterocycles. The standard InChI is InChI=1S/C20H22N6O2/c1-24-18(27)5-4-17(23-24)20(28)26-11-2-3-16(14-26)19-22-10-12-25(19)13-15-6-8-21-9-7-15/h4-10,12,16H,2-3,11,13-14H2,1H3. The molecule has 1 saturated heterocycles. The first-order chi connectivity index (χ1) is 13.6. The van der Waals surface area contributed by atoms with Crippen LogP contribution in [0.3, 0.4) is 0 Å². The Morgan fingerprint density at radius 2 is 2.00 bits per heavy atom. The van der Waals surface area contributed by atoms with Gasteiger partial charge in [0.25, 0.3) is 11.5 Å². The number of aromatic nitrogens is 5. The third-order valence-electron chi connectivity index (χ3n) is 5.10. The molecular weight excluding hydrogens is 356 g/mol. The SMILES string of the molecule is Cn1nc(C(=O)N2CCCC(c3nccn3Cc3ccncc3)C2)ccc1=O. The summed E-state index contributed by atoms with van der Waals surface area (Å²) in [5, 5.41) is 4.10. The molecule has 1 aliphatic heterocycles. The Morgan fingerprint density at radius 1 is 1.18 bits per heavy atom. The van der Waals surface area contributed by atoms with Crippen molar-refractivity contribution in [3.05, 3.63) is 76.5 Å². The lowest BCUT2D eigenvalue weighted by molar-refractivity contribution is 0.0694. The molecule has 1 aliphatic rings. The molecule has 28 heavy (non-hydrogen) atoms. The van der Waals surface area contributed by atoms with Crippen molar-refractivity contribution in [2.24, 2.45) is 7.05 Å². The number of carbonyl (C=O) groups is 1. The van der Waals surface area contributed by atoms with Crippen molar-refractivity contribution in [3.63, 3.8) is 0 Å². The summed E-state index contributed by atoms with van der Waals surface area (Å²) < 4.78 is 3.33. The summed E-state index contributed by atoms with van der Waals surface area (Å²) in [5.74, 6) is 1.01. The average molecular weight is 378 g/mol. The fourth-order valence-electron chi connectivity index (χ4n) is 3.65. The Bertz CT molecular complexity index is 1030. The van der Waals surface area contributed by atoms with E-state index < -0.39 is 0 Å². The van der Waals surface area contributed by atoms with E-state index in [1.807, 2.05) is 29.4 Å². The van der Waals surface area contributed by atoms with Crippen molar-refractivity contribution in [3.8, 4) is 0 Å². The zero-order chi connectivity index (χ0) is 19.5. The van der Waals surface area contributed by atoms with Crippen LogP contribution in [0.4, 0.5) is 0 Å². The van der Waals surface area contributed by atoms with Gasteiger partial charge in [0.1, 0.15) is 11.5 Å². The van der Waals surface area contributed by atoms with Crippen LogP contribution in [0.15, 0.2) is 53.8 Å². The second kappa shape index (κ2) is 7.75. The minimum atomic E-state index is -0.230. The number of rotatable bonds is 4. The highest BCUT2D eigenvalue weighted by Gasteiger charge is 2.28. The Labute approximate surface area is 162 Å². The van der Waals surface area contributed by atoms with Gasteiger partial charge < -0.3 is 9.47 Å². The van der Waals surface area contributed by atoms with Gasteiger partial charge in [0.05, 0.1) is 0 Å². The molecule has 144 valence electrons. The van der Waals surface area contributed by atoms with Crippen LogP contribution in [0.1, 0.15) is 40.6 Å². The van der Waals surface area contributed by atoms with E-state index in [1.54, 1.807) is 19.4 Å². The monoisotopic (exact) mass is 378 g/mol. The molecule has 0 spiro atoms. The fraction of sp³-hybridized carbons (Fsp3) is 0.350. The van der Waals surface area contributed by atoms with Gasteiger partial charge in [-0.15, -0.1) is 0 Å².